The number of amides is 1. The number of nitrogens with one attached hydrogen (secondary N) is 2. The Hall–Kier alpha value is -4.08. The summed E-state index contributed by atoms with van der Waals surface area (Å²) in [5.74, 6) is 0.0273. The minimum Gasteiger partial charge on any atom is -0.459 e. The van der Waals surface area contributed by atoms with Crippen LogP contribution in [0, 0.1) is 0 Å². The van der Waals surface area contributed by atoms with Gasteiger partial charge in [0.05, 0.1) is 34.7 Å². The highest BCUT2D eigenvalue weighted by atomic mass is 32.1. The summed E-state index contributed by atoms with van der Waals surface area (Å²) in [6.07, 6.45) is 5.53. The van der Waals surface area contributed by atoms with Crippen molar-refractivity contribution in [1.82, 2.24) is 24.6 Å². The fourth-order valence-corrected chi connectivity index (χ4v) is 6.23. The van der Waals surface area contributed by atoms with E-state index in [2.05, 4.69) is 35.7 Å². The molecule has 0 aromatic carbocycles. The molecule has 13 nitrogen and oxygen atoms in total. The maximum Gasteiger partial charge on any atom is 0.256 e. The molecule has 6 rings (SSSR count). The van der Waals surface area contributed by atoms with Gasteiger partial charge in [-0.15, -0.1) is 21.5 Å². The number of fused-ring (bicyclic) bond motifs is 2. The molecule has 1 aliphatic rings. The average Bonchev–Trinajstić information content (AvgIpc) is 3.67. The maximum atomic E-state index is 12.8. The van der Waals surface area contributed by atoms with Gasteiger partial charge in [0.25, 0.3) is 5.91 Å². The molecule has 6 heterocycles. The van der Waals surface area contributed by atoms with Gasteiger partial charge in [-0.25, -0.2) is 4.98 Å². The molecule has 196 valence electrons. The zero-order chi connectivity index (χ0) is 26.2. The number of nitrogens with two attached hydrogens (primary N) is 1. The normalized spacial score (nSPS) is 13.9. The van der Waals surface area contributed by atoms with Gasteiger partial charge >= 0.3 is 0 Å². The van der Waals surface area contributed by atoms with Gasteiger partial charge in [-0.05, 0) is 6.42 Å². The van der Waals surface area contributed by atoms with Crippen LogP contribution in [0.1, 0.15) is 23.7 Å². The Kier molecular flexibility index (Phi) is 6.39. The molecule has 0 saturated carbocycles. The van der Waals surface area contributed by atoms with Crippen molar-refractivity contribution < 1.29 is 13.9 Å². The largest absolute Gasteiger partial charge is 0.459 e. The Morgan fingerprint density at radius 2 is 2.11 bits per heavy atom. The summed E-state index contributed by atoms with van der Waals surface area (Å²) in [5, 5.41) is 16.5. The Balaban J connectivity index is 1.36. The number of aromatic nitrogens is 5. The maximum absolute atomic E-state index is 12.8. The first-order valence-electron chi connectivity index (χ1n) is 11.9. The summed E-state index contributed by atoms with van der Waals surface area (Å²) >= 11 is 2.82. The Bertz CT molecular complexity index is 1700. The van der Waals surface area contributed by atoms with Crippen LogP contribution in [-0.4, -0.2) is 63.3 Å². The van der Waals surface area contributed by atoms with Gasteiger partial charge in [0.1, 0.15) is 28.2 Å². The number of thiazole rings is 1. The zero-order valence-electron chi connectivity index (χ0n) is 20.3. The highest BCUT2D eigenvalue weighted by Crippen LogP contribution is 2.39. The highest BCUT2D eigenvalue weighted by Gasteiger charge is 2.23. The van der Waals surface area contributed by atoms with Crippen LogP contribution in [0.4, 0.5) is 21.8 Å². The van der Waals surface area contributed by atoms with Gasteiger partial charge in [0, 0.05) is 25.7 Å². The fourth-order valence-electron chi connectivity index (χ4n) is 4.15. The van der Waals surface area contributed by atoms with E-state index in [4.69, 9.17) is 14.9 Å². The Morgan fingerprint density at radius 3 is 2.89 bits per heavy atom. The monoisotopic (exact) mass is 553 g/mol. The quantitative estimate of drug-likeness (QED) is 0.259. The number of furan rings is 1. The number of ether oxygens (including phenoxy) is 1. The van der Waals surface area contributed by atoms with E-state index in [1.54, 1.807) is 22.9 Å². The molecular weight excluding hydrogens is 530 g/mol. The minimum atomic E-state index is -0.689. The molecule has 38 heavy (non-hydrogen) atoms. The summed E-state index contributed by atoms with van der Waals surface area (Å²) in [5.41, 5.74) is 6.94. The smallest absolute Gasteiger partial charge is 0.256 e. The molecule has 0 spiro atoms. The standard InChI is InChI=1S/C23H23N9O4S2/c1-2-3-25-23-29-20(16(19(24)34)21-30-27-11-32(21)23)28-14-9-26-22(37-14)12-10-36-17-13(33)8-15(38-18(12)17)31-4-6-35-7-5-31/h8-11,28H,2-7H2,1H3,(H2,24,34)(H,25,29). The van der Waals surface area contributed by atoms with Crippen LogP contribution < -0.4 is 26.7 Å². The molecular formula is C23H23N9O4S2. The minimum absolute atomic E-state index is 0.113. The molecule has 1 fully saturated rings. The number of rotatable bonds is 8. The lowest BCUT2D eigenvalue weighted by Gasteiger charge is -2.27. The van der Waals surface area contributed by atoms with E-state index in [-0.39, 0.29) is 16.8 Å². The molecule has 0 bridgehead atoms. The second-order valence-electron chi connectivity index (χ2n) is 8.49. The zero-order valence-corrected chi connectivity index (χ0v) is 21.9. The number of nitrogens with zero attached hydrogens (tertiary/aromatic N) is 6. The molecule has 0 aliphatic carbocycles. The predicted octanol–water partition coefficient (Wildman–Crippen LogP) is 2.92. The van der Waals surface area contributed by atoms with Crippen molar-refractivity contribution in [2.45, 2.75) is 13.3 Å². The van der Waals surface area contributed by atoms with E-state index in [1.165, 1.54) is 29.0 Å². The van der Waals surface area contributed by atoms with Crippen molar-refractivity contribution in [2.75, 3.05) is 48.4 Å². The average molecular weight is 554 g/mol. The SMILES string of the molecule is CCCNc1nc(Nc2cnc(-c3coc4c(=O)cc(N5CCOCC5)sc34)s2)c(C(N)=O)c2nncn12. The van der Waals surface area contributed by atoms with Crippen molar-refractivity contribution in [3.63, 3.8) is 0 Å². The second kappa shape index (κ2) is 10.00. The number of anilines is 4. The summed E-state index contributed by atoms with van der Waals surface area (Å²) < 4.78 is 13.4. The van der Waals surface area contributed by atoms with Crippen molar-refractivity contribution >= 4 is 66.3 Å². The van der Waals surface area contributed by atoms with Gasteiger partial charge in [-0.3, -0.25) is 14.0 Å². The van der Waals surface area contributed by atoms with E-state index in [1.807, 2.05) is 6.92 Å². The lowest BCUT2D eigenvalue weighted by atomic mass is 10.2. The van der Waals surface area contributed by atoms with E-state index in [0.717, 1.165) is 34.8 Å². The number of hydrogen-bond donors (Lipinski definition) is 3. The number of morpholine rings is 1. The molecule has 5 aromatic heterocycles. The molecule has 1 amide bonds. The van der Waals surface area contributed by atoms with Crippen LogP contribution in [0.3, 0.4) is 0 Å². The summed E-state index contributed by atoms with van der Waals surface area (Å²) in [7, 11) is 0. The Labute approximate surface area is 223 Å². The molecule has 1 aliphatic heterocycles. The van der Waals surface area contributed by atoms with Crippen LogP contribution in [0.15, 0.2) is 34.1 Å². The molecule has 5 aromatic rings. The van der Waals surface area contributed by atoms with Crippen molar-refractivity contribution in [3.8, 4) is 10.6 Å². The van der Waals surface area contributed by atoms with Crippen molar-refractivity contribution in [3.05, 3.63) is 40.6 Å². The van der Waals surface area contributed by atoms with Gasteiger partial charge < -0.3 is 30.4 Å². The van der Waals surface area contributed by atoms with Crippen molar-refractivity contribution in [1.29, 1.82) is 0 Å². The lowest BCUT2D eigenvalue weighted by molar-refractivity contribution is 0.100. The van der Waals surface area contributed by atoms with E-state index >= 15 is 0 Å². The van der Waals surface area contributed by atoms with Gasteiger partial charge in [0.2, 0.25) is 11.4 Å². The van der Waals surface area contributed by atoms with Gasteiger partial charge in [0.15, 0.2) is 17.0 Å². The predicted molar refractivity (Wildman–Crippen MR) is 146 cm³/mol. The van der Waals surface area contributed by atoms with Gasteiger partial charge in [-0.1, -0.05) is 18.3 Å². The summed E-state index contributed by atoms with van der Waals surface area (Å²) in [6.45, 7) is 5.39. The number of carbonyl (C=O) groups is 1. The molecule has 0 atom stereocenters. The van der Waals surface area contributed by atoms with E-state index < -0.39 is 5.91 Å². The topological polar surface area (TPSA) is 166 Å². The summed E-state index contributed by atoms with van der Waals surface area (Å²) in [4.78, 5) is 36.4. The number of hydrogen-bond acceptors (Lipinski definition) is 13. The molecule has 4 N–H and O–H groups in total. The first-order valence-corrected chi connectivity index (χ1v) is 13.6. The number of primary amides is 1. The lowest BCUT2D eigenvalue weighted by Crippen LogP contribution is -2.36. The second-order valence-corrected chi connectivity index (χ2v) is 10.5. The number of carbonyl (C=O) groups excluding carboxylic acids is 1. The van der Waals surface area contributed by atoms with Gasteiger partial charge in [-0.2, -0.15) is 4.98 Å². The van der Waals surface area contributed by atoms with Crippen LogP contribution in [0.25, 0.3) is 26.5 Å². The molecule has 15 heteroatoms. The van der Waals surface area contributed by atoms with Crippen molar-refractivity contribution in [2.24, 2.45) is 5.73 Å². The molecule has 0 unspecified atom stereocenters. The fraction of sp³-hybridized carbons (Fsp3) is 0.304. The molecule has 1 saturated heterocycles. The van der Waals surface area contributed by atoms with Crippen LogP contribution in [0.2, 0.25) is 0 Å². The third kappa shape index (κ3) is 4.33. The highest BCUT2D eigenvalue weighted by molar-refractivity contribution is 7.23. The van der Waals surface area contributed by atoms with E-state index in [0.29, 0.717) is 46.9 Å². The van der Waals surface area contributed by atoms with E-state index in [9.17, 15) is 9.59 Å². The molecule has 0 radical (unpaired) electrons. The van der Waals surface area contributed by atoms with Crippen LogP contribution >= 0.6 is 22.7 Å². The Morgan fingerprint density at radius 1 is 1.26 bits per heavy atom. The first-order chi connectivity index (χ1) is 18.5. The first kappa shape index (κ1) is 24.3. The third-order valence-corrected chi connectivity index (χ3v) is 8.11. The summed E-state index contributed by atoms with van der Waals surface area (Å²) in [6, 6.07) is 1.61. The van der Waals surface area contributed by atoms with Crippen LogP contribution in [-0.2, 0) is 4.74 Å². The third-order valence-electron chi connectivity index (χ3n) is 5.96. The van der Waals surface area contributed by atoms with Crippen LogP contribution in [0.5, 0.6) is 0 Å².